The molecule has 0 saturated carbocycles. The van der Waals surface area contributed by atoms with Crippen LogP contribution in [0.2, 0.25) is 0 Å². The van der Waals surface area contributed by atoms with Gasteiger partial charge in [0.15, 0.2) is 0 Å². The third kappa shape index (κ3) is 4.00. The highest BCUT2D eigenvalue weighted by Crippen LogP contribution is 2.15. The van der Waals surface area contributed by atoms with Gasteiger partial charge in [0.25, 0.3) is 0 Å². The molecule has 0 heterocycles. The van der Waals surface area contributed by atoms with E-state index in [2.05, 4.69) is 16.6 Å². The van der Waals surface area contributed by atoms with Gasteiger partial charge < -0.3 is 15.7 Å². The van der Waals surface area contributed by atoms with Gasteiger partial charge in [-0.15, -0.1) is 6.42 Å². The van der Waals surface area contributed by atoms with Crippen LogP contribution in [0.25, 0.3) is 0 Å². The van der Waals surface area contributed by atoms with Gasteiger partial charge in [-0.25, -0.2) is 14.0 Å². The lowest BCUT2D eigenvalue weighted by molar-refractivity contribution is 0.0696. The molecule has 0 spiro atoms. The molecule has 1 atom stereocenters. The van der Waals surface area contributed by atoms with E-state index in [1.807, 2.05) is 0 Å². The Bertz CT molecular complexity index is 537. The number of carbonyl (C=O) groups is 2. The molecule has 0 fully saturated rings. The first kappa shape index (κ1) is 14.5. The predicted molar refractivity (Wildman–Crippen MR) is 68.4 cm³/mol. The van der Waals surface area contributed by atoms with Gasteiger partial charge in [0.05, 0.1) is 17.3 Å². The van der Waals surface area contributed by atoms with Gasteiger partial charge in [-0.2, -0.15) is 0 Å². The number of terminal acetylenes is 1. The van der Waals surface area contributed by atoms with Crippen molar-refractivity contribution in [3.8, 4) is 12.3 Å². The number of anilines is 1. The summed E-state index contributed by atoms with van der Waals surface area (Å²) < 4.78 is 13.5. The number of benzene rings is 1. The lowest BCUT2D eigenvalue weighted by Gasteiger charge is -2.12. The molecular weight excluding hydrogens is 251 g/mol. The molecule has 0 aromatic heterocycles. The Balaban J connectivity index is 2.75. The van der Waals surface area contributed by atoms with Gasteiger partial charge in [-0.05, 0) is 24.6 Å². The summed E-state index contributed by atoms with van der Waals surface area (Å²) in [5.74, 6) is 0.292. The second-order valence-corrected chi connectivity index (χ2v) is 3.73. The fraction of sp³-hybridized carbons (Fsp3) is 0.231. The van der Waals surface area contributed by atoms with Crippen LogP contribution in [-0.2, 0) is 0 Å². The Morgan fingerprint density at radius 2 is 2.21 bits per heavy atom. The fourth-order valence-electron chi connectivity index (χ4n) is 1.33. The van der Waals surface area contributed by atoms with E-state index in [0.29, 0.717) is 6.42 Å². The average Bonchev–Trinajstić information content (AvgIpc) is 2.38. The number of aromatic carboxylic acids is 1. The minimum absolute atomic E-state index is 0.116. The van der Waals surface area contributed by atoms with Gasteiger partial charge in [-0.3, -0.25) is 0 Å². The summed E-state index contributed by atoms with van der Waals surface area (Å²) in [6.07, 6.45) is 5.72. The number of rotatable bonds is 4. The molecule has 2 amide bonds. The summed E-state index contributed by atoms with van der Waals surface area (Å²) in [6, 6.07) is 2.11. The zero-order valence-corrected chi connectivity index (χ0v) is 10.2. The Kier molecular flexibility index (Phi) is 4.89. The summed E-state index contributed by atoms with van der Waals surface area (Å²) >= 11 is 0. The lowest BCUT2D eigenvalue weighted by atomic mass is 10.2. The van der Waals surface area contributed by atoms with Crippen molar-refractivity contribution in [2.45, 2.75) is 19.4 Å². The van der Waals surface area contributed by atoms with Crippen molar-refractivity contribution in [3.05, 3.63) is 29.6 Å². The number of hydrogen-bond acceptors (Lipinski definition) is 2. The van der Waals surface area contributed by atoms with E-state index in [1.54, 1.807) is 6.92 Å². The van der Waals surface area contributed by atoms with Crippen molar-refractivity contribution in [1.29, 1.82) is 0 Å². The van der Waals surface area contributed by atoms with Crippen LogP contribution in [0.4, 0.5) is 14.9 Å². The second kappa shape index (κ2) is 6.40. The Morgan fingerprint density at radius 3 is 2.68 bits per heavy atom. The molecule has 0 radical (unpaired) electrons. The average molecular weight is 264 g/mol. The molecule has 0 aliphatic heterocycles. The maximum Gasteiger partial charge on any atom is 0.335 e. The normalized spacial score (nSPS) is 11.2. The van der Waals surface area contributed by atoms with Crippen LogP contribution in [0, 0.1) is 18.2 Å². The number of halogens is 1. The van der Waals surface area contributed by atoms with Crippen molar-refractivity contribution < 1.29 is 19.1 Å². The van der Waals surface area contributed by atoms with Crippen LogP contribution < -0.4 is 10.6 Å². The Morgan fingerprint density at radius 1 is 1.53 bits per heavy atom. The molecule has 100 valence electrons. The number of amides is 2. The molecule has 19 heavy (non-hydrogen) atoms. The number of carboxylic acid groups (broad SMARTS) is 1. The van der Waals surface area contributed by atoms with Crippen molar-refractivity contribution >= 4 is 17.7 Å². The highest BCUT2D eigenvalue weighted by molar-refractivity contribution is 5.92. The molecule has 5 nitrogen and oxygen atoms in total. The fourth-order valence-corrected chi connectivity index (χ4v) is 1.33. The standard InChI is InChI=1S/C13H13FN2O3/c1-3-9(4-2)15-13(19)16-11-6-5-8(12(17)18)7-10(11)14/h1,5-7,9H,4H2,2H3,(H,17,18)(H2,15,16,19). The molecular formula is C13H13FN2O3. The molecule has 1 aromatic carbocycles. The van der Waals surface area contributed by atoms with Gasteiger partial charge in [0.1, 0.15) is 5.82 Å². The number of nitrogens with one attached hydrogen (secondary N) is 2. The smallest absolute Gasteiger partial charge is 0.335 e. The minimum Gasteiger partial charge on any atom is -0.478 e. The first-order chi connectivity index (χ1) is 8.97. The summed E-state index contributed by atoms with van der Waals surface area (Å²) in [4.78, 5) is 22.1. The third-order valence-corrected chi connectivity index (χ3v) is 2.38. The summed E-state index contributed by atoms with van der Waals surface area (Å²) in [5.41, 5.74) is -0.312. The van der Waals surface area contributed by atoms with Crippen LogP contribution >= 0.6 is 0 Å². The SMILES string of the molecule is C#CC(CC)NC(=O)Nc1ccc(C(=O)O)cc1F. The molecule has 0 saturated heterocycles. The minimum atomic E-state index is -1.24. The molecule has 1 unspecified atom stereocenters. The van der Waals surface area contributed by atoms with E-state index in [4.69, 9.17) is 11.5 Å². The summed E-state index contributed by atoms with van der Waals surface area (Å²) in [5, 5.41) is 13.4. The number of hydrogen-bond donors (Lipinski definition) is 3. The molecule has 1 rings (SSSR count). The zero-order valence-electron chi connectivity index (χ0n) is 10.2. The maximum absolute atomic E-state index is 13.5. The molecule has 3 N–H and O–H groups in total. The van der Waals surface area contributed by atoms with Crippen LogP contribution in [0.3, 0.4) is 0 Å². The van der Waals surface area contributed by atoms with E-state index in [0.717, 1.165) is 6.07 Å². The number of carbonyl (C=O) groups excluding carboxylic acids is 1. The topological polar surface area (TPSA) is 78.4 Å². The number of carboxylic acids is 1. The third-order valence-electron chi connectivity index (χ3n) is 2.38. The molecule has 0 bridgehead atoms. The number of urea groups is 1. The van der Waals surface area contributed by atoms with Crippen molar-refractivity contribution in [3.63, 3.8) is 0 Å². The van der Waals surface area contributed by atoms with Gasteiger partial charge in [0.2, 0.25) is 0 Å². The highest BCUT2D eigenvalue weighted by atomic mass is 19.1. The first-order valence-corrected chi connectivity index (χ1v) is 5.54. The highest BCUT2D eigenvalue weighted by Gasteiger charge is 2.12. The first-order valence-electron chi connectivity index (χ1n) is 5.54. The molecule has 0 aliphatic rings. The Hall–Kier alpha value is -2.55. The summed E-state index contributed by atoms with van der Waals surface area (Å²) in [6.45, 7) is 1.80. The van der Waals surface area contributed by atoms with Crippen LogP contribution in [0.1, 0.15) is 23.7 Å². The lowest BCUT2D eigenvalue weighted by Crippen LogP contribution is -2.36. The zero-order chi connectivity index (χ0) is 14.4. The van der Waals surface area contributed by atoms with Gasteiger partial charge in [-0.1, -0.05) is 12.8 Å². The van der Waals surface area contributed by atoms with E-state index >= 15 is 0 Å². The monoisotopic (exact) mass is 264 g/mol. The van der Waals surface area contributed by atoms with E-state index in [1.165, 1.54) is 12.1 Å². The van der Waals surface area contributed by atoms with E-state index < -0.39 is 23.9 Å². The maximum atomic E-state index is 13.5. The van der Waals surface area contributed by atoms with Gasteiger partial charge >= 0.3 is 12.0 Å². The van der Waals surface area contributed by atoms with Crippen LogP contribution in [-0.4, -0.2) is 23.1 Å². The van der Waals surface area contributed by atoms with Crippen LogP contribution in [0.15, 0.2) is 18.2 Å². The Labute approximate surface area is 109 Å². The molecule has 0 aliphatic carbocycles. The van der Waals surface area contributed by atoms with Gasteiger partial charge in [0, 0.05) is 0 Å². The summed E-state index contributed by atoms with van der Waals surface area (Å²) in [7, 11) is 0. The van der Waals surface area contributed by atoms with E-state index in [9.17, 15) is 14.0 Å². The second-order valence-electron chi connectivity index (χ2n) is 3.73. The van der Waals surface area contributed by atoms with Crippen LogP contribution in [0.5, 0.6) is 0 Å². The van der Waals surface area contributed by atoms with Crippen molar-refractivity contribution in [1.82, 2.24) is 5.32 Å². The predicted octanol–water partition coefficient (Wildman–Crippen LogP) is 2.06. The largest absolute Gasteiger partial charge is 0.478 e. The molecule has 1 aromatic rings. The quantitative estimate of drug-likeness (QED) is 0.728. The molecule has 6 heteroatoms. The van der Waals surface area contributed by atoms with E-state index in [-0.39, 0.29) is 11.3 Å². The van der Waals surface area contributed by atoms with Crippen molar-refractivity contribution in [2.24, 2.45) is 0 Å². The van der Waals surface area contributed by atoms with Crippen molar-refractivity contribution in [2.75, 3.05) is 5.32 Å².